The molecular formula is C74H128N8O2Si. The van der Waals surface area contributed by atoms with Crippen LogP contribution in [0.5, 0.6) is 11.5 Å². The van der Waals surface area contributed by atoms with E-state index < -0.39 is 10.0 Å². The van der Waals surface area contributed by atoms with Crippen LogP contribution < -0.4 is 51.4 Å². The Bertz CT molecular complexity index is 1850. The maximum atomic E-state index is 6.11. The third-order valence-corrected chi connectivity index (χ3v) is 24.1. The summed E-state index contributed by atoms with van der Waals surface area (Å²) in [6, 6.07) is 17.4. The van der Waals surface area contributed by atoms with Gasteiger partial charge in [-0.05, 0) is 160 Å². The van der Waals surface area contributed by atoms with Crippen molar-refractivity contribution >= 4 is 10.0 Å². The first-order chi connectivity index (χ1) is 42.1. The van der Waals surface area contributed by atoms with Crippen LogP contribution in [0, 0.1) is 47.3 Å². The molecule has 480 valence electrons. The van der Waals surface area contributed by atoms with Crippen molar-refractivity contribution in [1.29, 1.82) is 0 Å². The number of hydrogen-bond donors (Lipinski definition) is 8. The van der Waals surface area contributed by atoms with Gasteiger partial charge in [0, 0.05) is 0 Å². The van der Waals surface area contributed by atoms with E-state index in [9.17, 15) is 0 Å². The Labute approximate surface area is 523 Å². The van der Waals surface area contributed by atoms with Crippen molar-refractivity contribution in [3.05, 3.63) is 59.7 Å². The highest BCUT2D eigenvalue weighted by atomic mass is 28.3. The molecule has 8 unspecified atom stereocenters. The molecule has 0 aromatic heterocycles. The predicted molar refractivity (Wildman–Crippen MR) is 359 cm³/mol. The second-order valence-corrected chi connectivity index (χ2v) is 30.1. The second kappa shape index (κ2) is 36.7. The van der Waals surface area contributed by atoms with Gasteiger partial charge in [-0.3, -0.25) is 42.5 Å². The molecule has 2 aromatic carbocycles. The molecule has 9 fully saturated rings. The van der Waals surface area contributed by atoms with Gasteiger partial charge in [0.15, 0.2) is 0 Å². The average Bonchev–Trinajstić information content (AvgIpc) is 2.16. The number of hydrogen-bond acceptors (Lipinski definition) is 10. The monoisotopic (exact) mass is 1190 g/mol. The minimum atomic E-state index is -1.11. The number of nitrogens with one attached hydrogen (secondary N) is 8. The fourth-order valence-corrected chi connectivity index (χ4v) is 19.1. The minimum Gasteiger partial charge on any atom is -0.516 e. The SMILES string of the molecule is C1CCC2C3NC(NC4NC(NC5NC(NC6NC(N3)C3CCCCC63)C3CCCCC53)C3CCCCC43)C2C1.CCCCCCCCCCCCCCCc1cccc(O[SiH2]Oc2cccc(CCCCCCCCCCCCCCC)c2)c1. The molecule has 4 saturated carbocycles. The maximum Gasteiger partial charge on any atom is 0.427 e. The van der Waals surface area contributed by atoms with E-state index in [0.29, 0.717) is 49.3 Å². The van der Waals surface area contributed by atoms with Crippen LogP contribution in [-0.2, 0) is 12.8 Å². The number of rotatable bonds is 32. The molecule has 8 atom stereocenters. The third-order valence-electron chi connectivity index (χ3n) is 23.2. The molecule has 0 spiro atoms. The van der Waals surface area contributed by atoms with Crippen molar-refractivity contribution in [3.8, 4) is 11.5 Å². The van der Waals surface area contributed by atoms with Crippen molar-refractivity contribution in [2.24, 2.45) is 47.3 Å². The van der Waals surface area contributed by atoms with E-state index >= 15 is 0 Å². The summed E-state index contributed by atoms with van der Waals surface area (Å²) in [5.41, 5.74) is 2.79. The van der Waals surface area contributed by atoms with Crippen LogP contribution in [0.2, 0.25) is 0 Å². The topological polar surface area (TPSA) is 115 Å². The van der Waals surface area contributed by atoms with Gasteiger partial charge in [0.1, 0.15) is 11.5 Å². The summed E-state index contributed by atoms with van der Waals surface area (Å²) in [6.45, 7) is 4.59. The Morgan fingerprint density at radius 2 is 0.506 bits per heavy atom. The quantitative estimate of drug-likeness (QED) is 0.0266. The van der Waals surface area contributed by atoms with Gasteiger partial charge in [0.2, 0.25) is 0 Å². The Balaban J connectivity index is 0.000000189. The van der Waals surface area contributed by atoms with E-state index in [2.05, 4.69) is 105 Å². The molecular weight excluding hydrogens is 1060 g/mol. The zero-order chi connectivity index (χ0) is 58.1. The summed E-state index contributed by atoms with van der Waals surface area (Å²) in [6.07, 6.45) is 64.4. The lowest BCUT2D eigenvalue weighted by molar-refractivity contribution is 0.167. The molecule has 8 bridgehead atoms. The van der Waals surface area contributed by atoms with E-state index in [-0.39, 0.29) is 0 Å². The molecule has 9 aliphatic rings. The van der Waals surface area contributed by atoms with Crippen LogP contribution in [0.1, 0.15) is 295 Å². The zero-order valence-electron chi connectivity index (χ0n) is 54.5. The van der Waals surface area contributed by atoms with E-state index in [0.717, 1.165) is 71.7 Å². The van der Waals surface area contributed by atoms with Crippen LogP contribution in [0.4, 0.5) is 0 Å². The predicted octanol–water partition coefficient (Wildman–Crippen LogP) is 16.0. The van der Waals surface area contributed by atoms with Crippen LogP contribution in [0.15, 0.2) is 48.5 Å². The Kier molecular flexibility index (Phi) is 28.4. The third kappa shape index (κ3) is 20.0. The first kappa shape index (κ1) is 65.9. The lowest BCUT2D eigenvalue weighted by Crippen LogP contribution is -2.61. The highest BCUT2D eigenvalue weighted by molar-refractivity contribution is 6.20. The highest BCUT2D eigenvalue weighted by Crippen LogP contribution is 2.46. The molecule has 5 aliphatic heterocycles. The summed E-state index contributed by atoms with van der Waals surface area (Å²) in [5, 5.41) is 33.8. The van der Waals surface area contributed by atoms with Crippen LogP contribution in [0.25, 0.3) is 0 Å². The summed E-state index contributed by atoms with van der Waals surface area (Å²) in [4.78, 5) is 0. The normalized spacial score (nSPS) is 33.1. The molecule has 0 radical (unpaired) electrons. The highest BCUT2D eigenvalue weighted by Gasteiger charge is 2.54. The Morgan fingerprint density at radius 1 is 0.294 bits per heavy atom. The fourth-order valence-electron chi connectivity index (χ4n) is 18.4. The molecule has 2 aromatic rings. The fraction of sp³-hybridized carbons (Fsp3) is 0.838. The molecule has 8 N–H and O–H groups in total. The van der Waals surface area contributed by atoms with E-state index in [1.165, 1.54) is 281 Å². The van der Waals surface area contributed by atoms with Crippen LogP contribution in [-0.4, -0.2) is 59.3 Å². The maximum absolute atomic E-state index is 6.11. The molecule has 5 heterocycles. The van der Waals surface area contributed by atoms with Crippen molar-refractivity contribution in [1.82, 2.24) is 42.5 Å². The number of unbranched alkanes of at least 4 members (excludes halogenated alkanes) is 24. The van der Waals surface area contributed by atoms with Crippen molar-refractivity contribution in [2.75, 3.05) is 0 Å². The van der Waals surface area contributed by atoms with Crippen molar-refractivity contribution in [2.45, 2.75) is 346 Å². The molecule has 0 amide bonds. The summed E-state index contributed by atoms with van der Waals surface area (Å²) in [5.74, 6) is 7.91. The lowest BCUT2D eigenvalue weighted by Gasteiger charge is -2.35. The molecule has 85 heavy (non-hydrogen) atoms. The van der Waals surface area contributed by atoms with Gasteiger partial charge in [0.05, 0.1) is 49.3 Å². The largest absolute Gasteiger partial charge is 0.516 e. The molecule has 11 heteroatoms. The van der Waals surface area contributed by atoms with E-state index in [1.807, 2.05) is 0 Å². The van der Waals surface area contributed by atoms with Crippen LogP contribution in [0.3, 0.4) is 0 Å². The van der Waals surface area contributed by atoms with Crippen LogP contribution >= 0.6 is 0 Å². The number of aryl methyl sites for hydroxylation is 2. The Morgan fingerprint density at radius 3 is 0.729 bits per heavy atom. The first-order valence-electron chi connectivity index (χ1n) is 37.6. The molecule has 10 nitrogen and oxygen atoms in total. The summed E-state index contributed by atoms with van der Waals surface area (Å²) in [7, 11) is -1.11. The van der Waals surface area contributed by atoms with Gasteiger partial charge in [-0.15, -0.1) is 0 Å². The average molecular weight is 1190 g/mol. The lowest BCUT2D eigenvalue weighted by atomic mass is 9.76. The van der Waals surface area contributed by atoms with E-state index in [1.54, 1.807) is 0 Å². The summed E-state index contributed by atoms with van der Waals surface area (Å²) >= 11 is 0. The number of fused-ring (bicyclic) bond motifs is 20. The van der Waals surface area contributed by atoms with Gasteiger partial charge in [-0.2, -0.15) is 0 Å². The second-order valence-electron chi connectivity index (χ2n) is 29.3. The minimum absolute atomic E-state index is 0.420. The van der Waals surface area contributed by atoms with Crippen molar-refractivity contribution < 1.29 is 8.85 Å². The molecule has 4 aliphatic carbocycles. The van der Waals surface area contributed by atoms with Crippen molar-refractivity contribution in [3.63, 3.8) is 0 Å². The number of benzene rings is 2. The van der Waals surface area contributed by atoms with Gasteiger partial charge in [0.25, 0.3) is 0 Å². The smallest absolute Gasteiger partial charge is 0.427 e. The van der Waals surface area contributed by atoms with Gasteiger partial charge in [-0.1, -0.05) is 244 Å². The van der Waals surface area contributed by atoms with Gasteiger partial charge in [-0.25, -0.2) is 0 Å². The van der Waals surface area contributed by atoms with Gasteiger partial charge >= 0.3 is 10.0 Å². The zero-order valence-corrected chi connectivity index (χ0v) is 55.9. The van der Waals surface area contributed by atoms with E-state index in [4.69, 9.17) is 8.85 Å². The molecule has 5 saturated heterocycles. The first-order valence-corrected chi connectivity index (χ1v) is 38.8. The Hall–Kier alpha value is -2.06. The summed E-state index contributed by atoms with van der Waals surface area (Å²) < 4.78 is 12.2. The molecule has 11 rings (SSSR count). The van der Waals surface area contributed by atoms with Gasteiger partial charge < -0.3 is 8.85 Å². The standard InChI is InChI=1S/C42H72O2Si.C32H56N8/c1-3-5-7-9-11-13-15-17-19-21-23-25-27-31-39-33-29-35-41(37-39)43-45-44-42-36-30-34-40(38-42)32-28-26-24-22-20-18-16-14-12-10-8-6-4-2;1-2-10-18-17(9-1)25-33-26(18)38-28-21-13-5-6-14-22(21)30(35-28)40-32-24-16-8-7-15-23(24)31(36-32)39-29-20-12-4-3-11-19(20)27(34-29)37-25/h29-30,33-38H,3-28,31-32,45H2,1-2H3;17-40H,1-16H2.